The van der Waals surface area contributed by atoms with Crippen molar-refractivity contribution < 1.29 is 19.8 Å². The number of carboxylic acids is 2. The molecule has 40 heavy (non-hydrogen) atoms. The van der Waals surface area contributed by atoms with Gasteiger partial charge in [0.1, 0.15) is 0 Å². The zero-order valence-corrected chi connectivity index (χ0v) is 26.8. The van der Waals surface area contributed by atoms with Crippen LogP contribution < -0.4 is 10.6 Å². The summed E-state index contributed by atoms with van der Waals surface area (Å²) in [5, 5.41) is 22.9. The molecule has 4 bridgehead atoms. The minimum absolute atomic E-state index is 0.516. The average Bonchev–Trinajstić information content (AvgIpc) is 2.78. The second kappa shape index (κ2) is 14.6. The molecule has 4 heterocycles. The molecule has 4 unspecified atom stereocenters. The summed E-state index contributed by atoms with van der Waals surface area (Å²) in [5.74, 6) is -0.846. The third-order valence-electron chi connectivity index (χ3n) is 8.75. The zero-order chi connectivity index (χ0) is 30.2. The first kappa shape index (κ1) is 34.7. The van der Waals surface area contributed by atoms with Crippen molar-refractivity contribution in [3.05, 3.63) is 12.2 Å². The molecule has 4 rings (SSSR count). The van der Waals surface area contributed by atoms with Gasteiger partial charge in [0.05, 0.1) is 0 Å². The second-order valence-electron chi connectivity index (χ2n) is 15.6. The van der Waals surface area contributed by atoms with E-state index in [2.05, 4.69) is 75.8 Å². The van der Waals surface area contributed by atoms with Gasteiger partial charge in [0, 0.05) is 64.5 Å². The Labute approximate surface area is 244 Å². The summed E-state index contributed by atoms with van der Waals surface area (Å²) in [6, 6.07) is 0. The Bertz CT molecular complexity index is 760. The van der Waals surface area contributed by atoms with Crippen molar-refractivity contribution >= 4 is 11.9 Å². The highest BCUT2D eigenvalue weighted by atomic mass is 16.4. The minimum atomic E-state index is -1.26. The van der Waals surface area contributed by atoms with E-state index in [0.717, 1.165) is 11.8 Å². The van der Waals surface area contributed by atoms with Crippen molar-refractivity contribution in [2.45, 2.75) is 81.1 Å². The van der Waals surface area contributed by atoms with Crippen LogP contribution in [0.15, 0.2) is 12.2 Å². The number of carbonyl (C=O) groups is 2. The highest BCUT2D eigenvalue weighted by molar-refractivity contribution is 5.89. The third-order valence-corrected chi connectivity index (χ3v) is 8.75. The summed E-state index contributed by atoms with van der Waals surface area (Å²) in [5.41, 5.74) is 2.06. The van der Waals surface area contributed by atoms with Gasteiger partial charge < -0.3 is 30.6 Å². The first-order valence-electron chi connectivity index (χ1n) is 15.4. The number of rotatable bonds is 8. The number of nitrogens with zero attached hydrogens (tertiary/aromatic N) is 2. The molecule has 8 nitrogen and oxygen atoms in total. The quantitative estimate of drug-likeness (QED) is 0.321. The fourth-order valence-corrected chi connectivity index (χ4v) is 7.70. The molecule has 0 aromatic rings. The van der Waals surface area contributed by atoms with Gasteiger partial charge in [-0.2, -0.15) is 0 Å². The smallest absolute Gasteiger partial charge is 0.328 e. The van der Waals surface area contributed by atoms with Crippen LogP contribution in [0.2, 0.25) is 0 Å². The summed E-state index contributed by atoms with van der Waals surface area (Å²) in [6.07, 6.45) is 6.63. The van der Waals surface area contributed by atoms with Crippen LogP contribution in [0.1, 0.15) is 81.1 Å². The van der Waals surface area contributed by atoms with Crippen LogP contribution in [0.5, 0.6) is 0 Å². The van der Waals surface area contributed by atoms with Crippen LogP contribution >= 0.6 is 0 Å². The Hall–Kier alpha value is -1.48. The van der Waals surface area contributed by atoms with Gasteiger partial charge in [-0.3, -0.25) is 0 Å². The van der Waals surface area contributed by atoms with E-state index in [1.165, 1.54) is 91.1 Å². The normalized spacial score (nSPS) is 34.1. The molecule has 4 saturated heterocycles. The van der Waals surface area contributed by atoms with Gasteiger partial charge in [-0.25, -0.2) is 9.59 Å². The molecule has 4 fully saturated rings. The van der Waals surface area contributed by atoms with Crippen LogP contribution in [0.4, 0.5) is 0 Å². The summed E-state index contributed by atoms with van der Waals surface area (Å²) in [7, 11) is 0. The van der Waals surface area contributed by atoms with Crippen molar-refractivity contribution in [2.75, 3.05) is 65.4 Å². The SMILES string of the molecule is CC(C)CCN1CC2(C)CNCC(C)(C1)C2.CC(C)CCN1CC2(C)CNCC(C)(C1)C2.O=C(O)/C=C/C(=O)O. The van der Waals surface area contributed by atoms with Gasteiger partial charge in [0.2, 0.25) is 0 Å². The van der Waals surface area contributed by atoms with Gasteiger partial charge >= 0.3 is 11.9 Å². The number of likely N-dealkylation sites (tertiary alicyclic amines) is 2. The number of fused-ring (bicyclic) bond motifs is 4. The van der Waals surface area contributed by atoms with E-state index in [1.54, 1.807) is 0 Å². The van der Waals surface area contributed by atoms with Crippen LogP contribution in [-0.2, 0) is 9.59 Å². The maximum absolute atomic E-state index is 9.55. The molecule has 4 aliphatic rings. The lowest BCUT2D eigenvalue weighted by Crippen LogP contribution is -2.61. The molecule has 4 N–H and O–H groups in total. The number of piperidine rings is 4. The molecule has 0 aliphatic carbocycles. The highest BCUT2D eigenvalue weighted by Crippen LogP contribution is 2.43. The van der Waals surface area contributed by atoms with E-state index in [0.29, 0.717) is 33.8 Å². The molecule has 0 spiro atoms. The predicted molar refractivity (Wildman–Crippen MR) is 164 cm³/mol. The molecule has 4 atom stereocenters. The standard InChI is InChI=1S/2C14H28N2.C4H4O4/c2*1-12(2)5-6-16-10-13(3)7-14(4,11-16)9-15-8-13;5-3(6)1-2-4(7)8/h2*12,15H,5-11H2,1-4H3;1-2H,(H,5,6)(H,7,8)/b;;2-1+. The maximum Gasteiger partial charge on any atom is 0.328 e. The Balaban J connectivity index is 0.000000224. The van der Waals surface area contributed by atoms with Crippen LogP contribution in [0, 0.1) is 33.5 Å². The summed E-state index contributed by atoms with van der Waals surface area (Å²) >= 11 is 0. The molecular weight excluding hydrogens is 504 g/mol. The summed E-state index contributed by atoms with van der Waals surface area (Å²) in [6.45, 7) is 31.7. The maximum atomic E-state index is 9.55. The van der Waals surface area contributed by atoms with Gasteiger partial charge in [-0.15, -0.1) is 0 Å². The molecule has 0 aromatic carbocycles. The van der Waals surface area contributed by atoms with E-state index in [-0.39, 0.29) is 0 Å². The average molecular weight is 565 g/mol. The lowest BCUT2D eigenvalue weighted by Gasteiger charge is -2.54. The fourth-order valence-electron chi connectivity index (χ4n) is 7.70. The van der Waals surface area contributed by atoms with E-state index in [9.17, 15) is 9.59 Å². The molecule has 0 amide bonds. The minimum Gasteiger partial charge on any atom is -0.478 e. The van der Waals surface area contributed by atoms with Crippen molar-refractivity contribution in [3.8, 4) is 0 Å². The molecule has 0 radical (unpaired) electrons. The first-order chi connectivity index (χ1) is 18.4. The molecule has 0 aromatic heterocycles. The largest absolute Gasteiger partial charge is 0.478 e. The number of nitrogens with one attached hydrogen (secondary N) is 2. The van der Waals surface area contributed by atoms with E-state index >= 15 is 0 Å². The van der Waals surface area contributed by atoms with Crippen molar-refractivity contribution in [1.29, 1.82) is 0 Å². The first-order valence-corrected chi connectivity index (χ1v) is 15.4. The van der Waals surface area contributed by atoms with E-state index in [4.69, 9.17) is 10.2 Å². The Morgan fingerprint density at radius 2 is 0.925 bits per heavy atom. The summed E-state index contributed by atoms with van der Waals surface area (Å²) < 4.78 is 0. The predicted octanol–water partition coefficient (Wildman–Crippen LogP) is 4.42. The van der Waals surface area contributed by atoms with E-state index < -0.39 is 11.9 Å². The van der Waals surface area contributed by atoms with Gasteiger partial charge in [-0.05, 0) is 72.3 Å². The van der Waals surface area contributed by atoms with Crippen molar-refractivity contribution in [3.63, 3.8) is 0 Å². The van der Waals surface area contributed by atoms with Gasteiger partial charge in [0.15, 0.2) is 0 Å². The molecule has 4 aliphatic heterocycles. The van der Waals surface area contributed by atoms with Crippen LogP contribution in [0.3, 0.4) is 0 Å². The van der Waals surface area contributed by atoms with Gasteiger partial charge in [-0.1, -0.05) is 55.4 Å². The van der Waals surface area contributed by atoms with Crippen LogP contribution in [0.25, 0.3) is 0 Å². The molecular formula is C32H60N4O4. The number of aliphatic carboxylic acids is 2. The lowest BCUT2D eigenvalue weighted by molar-refractivity contribution is -0.134. The van der Waals surface area contributed by atoms with Gasteiger partial charge in [0.25, 0.3) is 0 Å². The van der Waals surface area contributed by atoms with Crippen molar-refractivity contribution in [1.82, 2.24) is 20.4 Å². The Morgan fingerprint density at radius 1 is 0.650 bits per heavy atom. The zero-order valence-electron chi connectivity index (χ0n) is 26.8. The fraction of sp³-hybridized carbons (Fsp3) is 0.875. The summed E-state index contributed by atoms with van der Waals surface area (Å²) in [4.78, 5) is 24.5. The topological polar surface area (TPSA) is 105 Å². The molecule has 8 heteroatoms. The number of carboxylic acid groups (broad SMARTS) is 2. The lowest BCUT2D eigenvalue weighted by atomic mass is 9.66. The Kier molecular flexibility index (Phi) is 12.7. The second-order valence-corrected chi connectivity index (χ2v) is 15.6. The Morgan fingerprint density at radius 3 is 1.15 bits per heavy atom. The van der Waals surface area contributed by atoms with Crippen molar-refractivity contribution in [2.24, 2.45) is 33.5 Å². The van der Waals surface area contributed by atoms with Crippen LogP contribution in [-0.4, -0.2) is 97.4 Å². The monoisotopic (exact) mass is 564 g/mol. The third kappa shape index (κ3) is 12.2. The van der Waals surface area contributed by atoms with E-state index in [1.807, 2.05) is 0 Å². The number of hydrogen-bond acceptors (Lipinski definition) is 6. The molecule has 232 valence electrons. The highest BCUT2D eigenvalue weighted by Gasteiger charge is 2.46. The number of hydrogen-bond donors (Lipinski definition) is 4. The molecule has 0 saturated carbocycles.